The zero-order valence-electron chi connectivity index (χ0n) is 9.87. The summed E-state index contributed by atoms with van der Waals surface area (Å²) in [5, 5.41) is 4.44. The predicted octanol–water partition coefficient (Wildman–Crippen LogP) is 2.60. The molecule has 3 aromatic heterocycles. The largest absolute Gasteiger partial charge is 0.294 e. The third-order valence-electron chi connectivity index (χ3n) is 2.80. The highest BCUT2D eigenvalue weighted by atomic mass is 16.1. The van der Waals surface area contributed by atoms with Crippen molar-refractivity contribution < 1.29 is 4.79 Å². The SMILES string of the molecule is CC(=O)c1c(-c2ccccn2)nn2ccccc12. The maximum Gasteiger partial charge on any atom is 0.164 e. The van der Waals surface area contributed by atoms with Crippen LogP contribution in [0.1, 0.15) is 17.3 Å². The Labute approximate surface area is 104 Å². The van der Waals surface area contributed by atoms with Crippen LogP contribution in [0, 0.1) is 0 Å². The Morgan fingerprint density at radius 3 is 2.72 bits per heavy atom. The Kier molecular flexibility index (Phi) is 2.41. The highest BCUT2D eigenvalue weighted by Gasteiger charge is 2.18. The molecule has 0 saturated carbocycles. The minimum absolute atomic E-state index is 0.00291. The van der Waals surface area contributed by atoms with Gasteiger partial charge in [0.05, 0.1) is 16.8 Å². The second kappa shape index (κ2) is 4.07. The molecule has 3 aromatic rings. The summed E-state index contributed by atoms with van der Waals surface area (Å²) in [4.78, 5) is 16.1. The number of fused-ring (bicyclic) bond motifs is 1. The summed E-state index contributed by atoms with van der Waals surface area (Å²) in [6, 6.07) is 11.2. The van der Waals surface area contributed by atoms with E-state index in [1.807, 2.05) is 42.6 Å². The lowest BCUT2D eigenvalue weighted by molar-refractivity contribution is 0.102. The van der Waals surface area contributed by atoms with Crippen molar-refractivity contribution in [3.05, 3.63) is 54.4 Å². The number of aromatic nitrogens is 3. The van der Waals surface area contributed by atoms with Crippen LogP contribution in [0.15, 0.2) is 48.8 Å². The quantitative estimate of drug-likeness (QED) is 0.643. The van der Waals surface area contributed by atoms with Crippen LogP contribution in [-0.2, 0) is 0 Å². The van der Waals surface area contributed by atoms with E-state index in [-0.39, 0.29) is 5.78 Å². The number of hydrogen-bond acceptors (Lipinski definition) is 3. The monoisotopic (exact) mass is 237 g/mol. The second-order valence-corrected chi connectivity index (χ2v) is 4.03. The Morgan fingerprint density at radius 2 is 2.00 bits per heavy atom. The van der Waals surface area contributed by atoms with E-state index in [1.165, 1.54) is 0 Å². The molecule has 3 rings (SSSR count). The summed E-state index contributed by atoms with van der Waals surface area (Å²) in [7, 11) is 0. The number of ketones is 1. The first-order chi connectivity index (χ1) is 8.77. The van der Waals surface area contributed by atoms with Gasteiger partial charge < -0.3 is 0 Å². The fraction of sp³-hybridized carbons (Fsp3) is 0.0714. The van der Waals surface area contributed by atoms with E-state index in [2.05, 4.69) is 10.1 Å². The molecule has 0 aliphatic rings. The van der Waals surface area contributed by atoms with Gasteiger partial charge in [-0.05, 0) is 31.2 Å². The first kappa shape index (κ1) is 10.7. The summed E-state index contributed by atoms with van der Waals surface area (Å²) in [6.07, 6.45) is 3.53. The minimum atomic E-state index is -0.00291. The number of Topliss-reactive ketones (excluding diaryl/α,β-unsaturated/α-hetero) is 1. The van der Waals surface area contributed by atoms with Crippen LogP contribution < -0.4 is 0 Å². The molecule has 0 unspecified atom stereocenters. The van der Waals surface area contributed by atoms with Crippen LogP contribution in [0.5, 0.6) is 0 Å². The molecule has 0 amide bonds. The van der Waals surface area contributed by atoms with Gasteiger partial charge in [-0.3, -0.25) is 9.78 Å². The van der Waals surface area contributed by atoms with Crippen molar-refractivity contribution in [3.63, 3.8) is 0 Å². The molecule has 88 valence electrons. The smallest absolute Gasteiger partial charge is 0.164 e. The van der Waals surface area contributed by atoms with Gasteiger partial charge in [0, 0.05) is 12.4 Å². The van der Waals surface area contributed by atoms with Gasteiger partial charge in [-0.2, -0.15) is 5.10 Å². The molecule has 0 atom stereocenters. The van der Waals surface area contributed by atoms with Crippen molar-refractivity contribution in [1.82, 2.24) is 14.6 Å². The Balaban J connectivity index is 2.36. The summed E-state index contributed by atoms with van der Waals surface area (Å²) < 4.78 is 1.71. The Bertz CT molecular complexity index is 716. The van der Waals surface area contributed by atoms with E-state index in [0.717, 1.165) is 5.52 Å². The molecule has 0 N–H and O–H groups in total. The summed E-state index contributed by atoms with van der Waals surface area (Å²) in [5.74, 6) is -0.00291. The van der Waals surface area contributed by atoms with Crippen molar-refractivity contribution in [3.8, 4) is 11.4 Å². The molecule has 3 heterocycles. The molecule has 0 radical (unpaired) electrons. The van der Waals surface area contributed by atoms with E-state index in [0.29, 0.717) is 17.0 Å². The fourth-order valence-electron chi connectivity index (χ4n) is 2.03. The first-order valence-electron chi connectivity index (χ1n) is 5.67. The van der Waals surface area contributed by atoms with E-state index in [9.17, 15) is 4.79 Å². The van der Waals surface area contributed by atoms with Gasteiger partial charge in [0.15, 0.2) is 5.78 Å². The van der Waals surface area contributed by atoms with Crippen LogP contribution in [0.2, 0.25) is 0 Å². The standard InChI is InChI=1S/C14H11N3O/c1-10(18)13-12-7-3-5-9-17(12)16-14(13)11-6-2-4-8-15-11/h2-9H,1H3. The Morgan fingerprint density at radius 1 is 1.17 bits per heavy atom. The maximum absolute atomic E-state index is 11.8. The molecule has 0 saturated heterocycles. The molecular weight excluding hydrogens is 226 g/mol. The average Bonchev–Trinajstić information content (AvgIpc) is 2.79. The van der Waals surface area contributed by atoms with Crippen molar-refractivity contribution >= 4 is 11.3 Å². The third kappa shape index (κ3) is 1.59. The summed E-state index contributed by atoms with van der Waals surface area (Å²) in [5.41, 5.74) is 2.78. The second-order valence-electron chi connectivity index (χ2n) is 4.03. The van der Waals surface area contributed by atoms with Crippen molar-refractivity contribution in [2.75, 3.05) is 0 Å². The molecule has 18 heavy (non-hydrogen) atoms. The average molecular weight is 237 g/mol. The van der Waals surface area contributed by atoms with Gasteiger partial charge in [0.25, 0.3) is 0 Å². The van der Waals surface area contributed by atoms with Gasteiger partial charge in [-0.25, -0.2) is 4.52 Å². The van der Waals surface area contributed by atoms with Crippen LogP contribution in [-0.4, -0.2) is 20.4 Å². The molecule has 4 heteroatoms. The normalized spacial score (nSPS) is 10.7. The number of carbonyl (C=O) groups is 1. The lowest BCUT2D eigenvalue weighted by atomic mass is 10.1. The van der Waals surface area contributed by atoms with Crippen molar-refractivity contribution in [1.29, 1.82) is 0 Å². The molecule has 0 aliphatic carbocycles. The highest BCUT2D eigenvalue weighted by Crippen LogP contribution is 2.24. The topological polar surface area (TPSA) is 47.3 Å². The van der Waals surface area contributed by atoms with E-state index in [4.69, 9.17) is 0 Å². The van der Waals surface area contributed by atoms with Crippen LogP contribution in [0.3, 0.4) is 0 Å². The maximum atomic E-state index is 11.8. The Hall–Kier alpha value is -2.49. The zero-order valence-corrected chi connectivity index (χ0v) is 9.87. The number of pyridine rings is 2. The van der Waals surface area contributed by atoms with Crippen molar-refractivity contribution in [2.45, 2.75) is 6.92 Å². The number of rotatable bonds is 2. The lowest BCUT2D eigenvalue weighted by Crippen LogP contribution is -1.95. The molecule has 0 bridgehead atoms. The molecule has 4 nitrogen and oxygen atoms in total. The van der Waals surface area contributed by atoms with Gasteiger partial charge in [-0.15, -0.1) is 0 Å². The molecule has 0 fully saturated rings. The summed E-state index contributed by atoms with van der Waals surface area (Å²) >= 11 is 0. The van der Waals surface area contributed by atoms with E-state index < -0.39 is 0 Å². The van der Waals surface area contributed by atoms with Crippen molar-refractivity contribution in [2.24, 2.45) is 0 Å². The van der Waals surface area contributed by atoms with Gasteiger partial charge in [-0.1, -0.05) is 12.1 Å². The van der Waals surface area contributed by atoms with Crippen LogP contribution in [0.25, 0.3) is 16.9 Å². The van der Waals surface area contributed by atoms with E-state index in [1.54, 1.807) is 17.6 Å². The van der Waals surface area contributed by atoms with Gasteiger partial charge in [0.1, 0.15) is 5.69 Å². The number of hydrogen-bond donors (Lipinski definition) is 0. The van der Waals surface area contributed by atoms with Crippen LogP contribution >= 0.6 is 0 Å². The third-order valence-corrected chi connectivity index (χ3v) is 2.80. The minimum Gasteiger partial charge on any atom is -0.294 e. The van der Waals surface area contributed by atoms with Crippen LogP contribution in [0.4, 0.5) is 0 Å². The summed E-state index contributed by atoms with van der Waals surface area (Å²) in [6.45, 7) is 1.55. The molecular formula is C14H11N3O. The van der Waals surface area contributed by atoms with Gasteiger partial charge in [0.2, 0.25) is 0 Å². The van der Waals surface area contributed by atoms with E-state index >= 15 is 0 Å². The number of nitrogens with zero attached hydrogens (tertiary/aromatic N) is 3. The molecule has 0 aromatic carbocycles. The first-order valence-corrected chi connectivity index (χ1v) is 5.67. The zero-order chi connectivity index (χ0) is 12.5. The highest BCUT2D eigenvalue weighted by molar-refractivity contribution is 6.06. The van der Waals surface area contributed by atoms with Gasteiger partial charge >= 0.3 is 0 Å². The number of carbonyl (C=O) groups excluding carboxylic acids is 1. The molecule has 0 aliphatic heterocycles. The molecule has 0 spiro atoms. The fourth-order valence-corrected chi connectivity index (χ4v) is 2.03. The lowest BCUT2D eigenvalue weighted by Gasteiger charge is -1.97. The predicted molar refractivity (Wildman–Crippen MR) is 68.4 cm³/mol.